The molecule has 1 aliphatic carbocycles. The number of benzene rings is 8. The minimum atomic E-state index is 0.101. The van der Waals surface area contributed by atoms with Crippen molar-refractivity contribution in [3.05, 3.63) is 169 Å². The molecule has 54 heavy (non-hydrogen) atoms. The molecule has 2 heteroatoms. The number of nitrogens with zero attached hydrogens (tertiary/aromatic N) is 2. The van der Waals surface area contributed by atoms with Crippen molar-refractivity contribution >= 4 is 65.2 Å². The van der Waals surface area contributed by atoms with Crippen LogP contribution in [0.5, 0.6) is 0 Å². The summed E-state index contributed by atoms with van der Waals surface area (Å²) in [6.45, 7) is 9.75. The van der Waals surface area contributed by atoms with Gasteiger partial charge in [0.1, 0.15) is 0 Å². The highest BCUT2D eigenvalue weighted by Crippen LogP contribution is 2.49. The Bertz CT molecular complexity index is 3130. The Morgan fingerprint density at radius 1 is 0.370 bits per heavy atom. The Balaban J connectivity index is 1.25. The molecule has 260 valence electrons. The lowest BCUT2D eigenvalue weighted by atomic mass is 9.63. The molecule has 0 saturated carbocycles. The average molecular weight is 695 g/mol. The van der Waals surface area contributed by atoms with Gasteiger partial charge in [-0.25, -0.2) is 0 Å². The van der Waals surface area contributed by atoms with E-state index < -0.39 is 0 Å². The SMILES string of the molecule is CC1(C)CCC(C)(C)c2cc3c(cc21)c1cc2c4c5ccccc5ccc4n(-c4ccccc4)c2cc1n3-c1ccc(-c2ccc3ccccc3c2)cc1. The number of para-hydroxylation sites is 1. The first-order valence-corrected chi connectivity index (χ1v) is 19.4. The molecule has 2 nitrogen and oxygen atoms in total. The summed E-state index contributed by atoms with van der Waals surface area (Å²) in [7, 11) is 0. The van der Waals surface area contributed by atoms with Gasteiger partial charge >= 0.3 is 0 Å². The van der Waals surface area contributed by atoms with Crippen molar-refractivity contribution in [1.29, 1.82) is 0 Å². The van der Waals surface area contributed by atoms with Crippen molar-refractivity contribution in [2.24, 2.45) is 0 Å². The molecular weight excluding hydrogens is 653 g/mol. The first-order valence-electron chi connectivity index (χ1n) is 19.4. The molecule has 10 aromatic rings. The lowest BCUT2D eigenvalue weighted by Crippen LogP contribution is -2.33. The molecule has 0 spiro atoms. The van der Waals surface area contributed by atoms with Crippen LogP contribution in [0.1, 0.15) is 51.7 Å². The Labute approximate surface area is 315 Å². The van der Waals surface area contributed by atoms with Crippen molar-refractivity contribution in [3.63, 3.8) is 0 Å². The van der Waals surface area contributed by atoms with E-state index in [4.69, 9.17) is 0 Å². The maximum Gasteiger partial charge on any atom is 0.0562 e. The van der Waals surface area contributed by atoms with Crippen molar-refractivity contribution < 1.29 is 0 Å². The lowest BCUT2D eigenvalue weighted by Gasteiger charge is -2.42. The van der Waals surface area contributed by atoms with Gasteiger partial charge in [0, 0.05) is 32.9 Å². The molecule has 0 unspecified atom stereocenters. The van der Waals surface area contributed by atoms with Crippen LogP contribution in [0.25, 0.3) is 87.7 Å². The maximum absolute atomic E-state index is 2.56. The third-order valence-corrected chi connectivity index (χ3v) is 12.7. The van der Waals surface area contributed by atoms with Crippen LogP contribution in [0, 0.1) is 0 Å². The van der Waals surface area contributed by atoms with Gasteiger partial charge in [0.05, 0.1) is 22.1 Å². The zero-order valence-corrected chi connectivity index (χ0v) is 31.3. The van der Waals surface area contributed by atoms with E-state index in [1.807, 2.05) is 0 Å². The van der Waals surface area contributed by atoms with Crippen molar-refractivity contribution in [3.8, 4) is 22.5 Å². The van der Waals surface area contributed by atoms with Crippen LogP contribution in [-0.2, 0) is 10.8 Å². The van der Waals surface area contributed by atoms with Crippen molar-refractivity contribution in [2.75, 3.05) is 0 Å². The van der Waals surface area contributed by atoms with E-state index in [2.05, 4.69) is 195 Å². The van der Waals surface area contributed by atoms with Crippen LogP contribution >= 0.6 is 0 Å². The molecular formula is C52H42N2. The standard InChI is InChI=1S/C52H42N2/c1-51(2)26-27-52(3,4)45-31-47-42(30-44(45)51)41-29-43-49(53(38-15-6-5-7-16-38)46-25-22-35-13-10-11-17-40(35)50(43)46)32-48(41)54(47)39-23-20-34(21-24-39)37-19-18-33-12-8-9-14-36(33)28-37/h5-25,28-32H,26-27H2,1-4H3. The predicted octanol–water partition coefficient (Wildman–Crippen LogP) is 14.2. The second-order valence-electron chi connectivity index (χ2n) is 16.9. The molecule has 2 aromatic heterocycles. The second kappa shape index (κ2) is 11.2. The lowest BCUT2D eigenvalue weighted by molar-refractivity contribution is 0.332. The van der Waals surface area contributed by atoms with Crippen LogP contribution < -0.4 is 0 Å². The maximum atomic E-state index is 2.56. The topological polar surface area (TPSA) is 9.86 Å². The van der Waals surface area contributed by atoms with Gasteiger partial charge in [0.15, 0.2) is 0 Å². The normalized spacial score (nSPS) is 15.2. The van der Waals surface area contributed by atoms with Gasteiger partial charge in [-0.15, -0.1) is 0 Å². The quantitative estimate of drug-likeness (QED) is 0.174. The Kier molecular flexibility index (Phi) is 6.51. The fraction of sp³-hybridized carbons (Fsp3) is 0.154. The summed E-state index contributed by atoms with van der Waals surface area (Å²) in [5.74, 6) is 0. The van der Waals surface area contributed by atoms with E-state index >= 15 is 0 Å². The van der Waals surface area contributed by atoms with Gasteiger partial charge in [-0.3, -0.25) is 0 Å². The number of hydrogen-bond donors (Lipinski definition) is 0. The molecule has 2 heterocycles. The van der Waals surface area contributed by atoms with Crippen LogP contribution in [0.2, 0.25) is 0 Å². The summed E-state index contributed by atoms with van der Waals surface area (Å²) < 4.78 is 5.01. The molecule has 0 radical (unpaired) electrons. The largest absolute Gasteiger partial charge is 0.309 e. The van der Waals surface area contributed by atoms with Gasteiger partial charge in [0.2, 0.25) is 0 Å². The highest BCUT2D eigenvalue weighted by molar-refractivity contribution is 6.25. The molecule has 1 aliphatic rings. The van der Waals surface area contributed by atoms with Gasteiger partial charge in [0.25, 0.3) is 0 Å². The first kappa shape index (κ1) is 31.4. The zero-order chi connectivity index (χ0) is 36.3. The van der Waals surface area contributed by atoms with E-state index in [9.17, 15) is 0 Å². The fourth-order valence-corrected chi connectivity index (χ4v) is 9.66. The first-order chi connectivity index (χ1) is 26.2. The minimum Gasteiger partial charge on any atom is -0.309 e. The van der Waals surface area contributed by atoms with Gasteiger partial charge in [-0.1, -0.05) is 125 Å². The van der Waals surface area contributed by atoms with E-state index in [0.29, 0.717) is 0 Å². The molecule has 0 atom stereocenters. The third kappa shape index (κ3) is 4.53. The highest BCUT2D eigenvalue weighted by atomic mass is 15.0. The Morgan fingerprint density at radius 3 is 1.70 bits per heavy atom. The van der Waals surface area contributed by atoms with Crippen LogP contribution in [0.15, 0.2) is 158 Å². The summed E-state index contributed by atoms with van der Waals surface area (Å²) in [5.41, 5.74) is 13.0. The number of aromatic nitrogens is 2. The van der Waals surface area contributed by atoms with Crippen LogP contribution in [0.4, 0.5) is 0 Å². The van der Waals surface area contributed by atoms with Crippen LogP contribution in [-0.4, -0.2) is 9.13 Å². The molecule has 0 bridgehead atoms. The number of hydrogen-bond acceptors (Lipinski definition) is 0. The van der Waals surface area contributed by atoms with Crippen molar-refractivity contribution in [2.45, 2.75) is 51.4 Å². The smallest absolute Gasteiger partial charge is 0.0562 e. The summed E-state index contributed by atoms with van der Waals surface area (Å²) in [4.78, 5) is 0. The van der Waals surface area contributed by atoms with E-state index in [-0.39, 0.29) is 10.8 Å². The van der Waals surface area contributed by atoms with E-state index in [1.54, 1.807) is 0 Å². The Hall–Kier alpha value is -6.12. The fourth-order valence-electron chi connectivity index (χ4n) is 9.66. The molecule has 0 aliphatic heterocycles. The molecule has 0 saturated heterocycles. The van der Waals surface area contributed by atoms with Gasteiger partial charge in [-0.05, 0) is 128 Å². The summed E-state index contributed by atoms with van der Waals surface area (Å²) in [6.07, 6.45) is 2.37. The number of rotatable bonds is 3. The van der Waals surface area contributed by atoms with E-state index in [1.165, 1.54) is 112 Å². The van der Waals surface area contributed by atoms with Gasteiger partial charge in [-0.2, -0.15) is 0 Å². The van der Waals surface area contributed by atoms with E-state index in [0.717, 1.165) is 0 Å². The summed E-state index contributed by atoms with van der Waals surface area (Å²) in [5, 5.41) is 10.3. The molecule has 0 fully saturated rings. The molecule has 8 aromatic carbocycles. The van der Waals surface area contributed by atoms with Gasteiger partial charge < -0.3 is 9.13 Å². The third-order valence-electron chi connectivity index (χ3n) is 12.7. The number of fused-ring (bicyclic) bond motifs is 10. The Morgan fingerprint density at radius 2 is 0.926 bits per heavy atom. The zero-order valence-electron chi connectivity index (χ0n) is 31.3. The molecule has 11 rings (SSSR count). The summed E-state index contributed by atoms with van der Waals surface area (Å²) in [6, 6.07) is 59.0. The second-order valence-corrected chi connectivity index (χ2v) is 16.9. The highest BCUT2D eigenvalue weighted by Gasteiger charge is 2.38. The summed E-state index contributed by atoms with van der Waals surface area (Å²) >= 11 is 0. The predicted molar refractivity (Wildman–Crippen MR) is 231 cm³/mol. The monoisotopic (exact) mass is 694 g/mol. The molecule has 0 amide bonds. The van der Waals surface area contributed by atoms with Crippen molar-refractivity contribution in [1.82, 2.24) is 9.13 Å². The average Bonchev–Trinajstić information content (AvgIpc) is 3.70. The van der Waals surface area contributed by atoms with Crippen LogP contribution in [0.3, 0.4) is 0 Å². The molecule has 0 N–H and O–H groups in total. The minimum absolute atomic E-state index is 0.101.